The molecule has 1 aromatic carbocycles. The first-order valence-corrected chi connectivity index (χ1v) is 12.0. The maximum atomic E-state index is 15.1. The lowest BCUT2D eigenvalue weighted by atomic mass is 9.61. The van der Waals surface area contributed by atoms with E-state index in [1.807, 2.05) is 32.9 Å². The minimum Gasteiger partial charge on any atom is -0.390 e. The lowest BCUT2D eigenvalue weighted by molar-refractivity contribution is -0.0754. The average Bonchev–Trinajstić information content (AvgIpc) is 3.43. The molecule has 2 aromatic heterocycles. The van der Waals surface area contributed by atoms with Gasteiger partial charge in [-0.25, -0.2) is 19.0 Å². The van der Waals surface area contributed by atoms with E-state index >= 15 is 4.39 Å². The standard InChI is InChI=1S/C26H27FN6O/c1-15-30-21(32-14-25(23(2,3)34)9-17(32)10-25)8-22(31-15)33-20-7-16(6-19(27)18(20)11-29-33)26(13-28)12-24(26)4-5-24/h6-8,11,17,34H,4-5,9-10,12,14H2,1-3H3. The van der Waals surface area contributed by atoms with Gasteiger partial charge in [-0.1, -0.05) is 0 Å². The molecule has 8 rings (SSSR count). The van der Waals surface area contributed by atoms with Crippen LogP contribution in [0.5, 0.6) is 0 Å². The number of aryl methyl sites for hydroxylation is 1. The normalized spacial score (nSPS) is 30.5. The Kier molecular flexibility index (Phi) is 3.56. The zero-order valence-electron chi connectivity index (χ0n) is 19.6. The number of rotatable bonds is 4. The Morgan fingerprint density at radius 1 is 1.18 bits per heavy atom. The highest BCUT2D eigenvalue weighted by Gasteiger charge is 2.75. The Morgan fingerprint density at radius 3 is 2.53 bits per heavy atom. The van der Waals surface area contributed by atoms with Crippen molar-refractivity contribution in [1.29, 1.82) is 5.26 Å². The van der Waals surface area contributed by atoms with Crippen LogP contribution in [-0.4, -0.2) is 43.0 Å². The molecule has 0 amide bonds. The molecule has 174 valence electrons. The number of benzene rings is 1. The molecule has 1 atom stereocenters. The average molecular weight is 459 g/mol. The van der Waals surface area contributed by atoms with E-state index in [1.165, 1.54) is 12.3 Å². The van der Waals surface area contributed by atoms with E-state index in [2.05, 4.69) is 21.1 Å². The summed E-state index contributed by atoms with van der Waals surface area (Å²) in [5.74, 6) is 1.65. The Bertz CT molecular complexity index is 1420. The van der Waals surface area contributed by atoms with Crippen LogP contribution in [0.1, 0.15) is 57.3 Å². The summed E-state index contributed by atoms with van der Waals surface area (Å²) < 4.78 is 16.8. The summed E-state index contributed by atoms with van der Waals surface area (Å²) in [7, 11) is 0. The van der Waals surface area contributed by atoms with Gasteiger partial charge < -0.3 is 10.0 Å². The van der Waals surface area contributed by atoms with Gasteiger partial charge in [-0.15, -0.1) is 0 Å². The third kappa shape index (κ3) is 2.41. The number of anilines is 1. The minimum atomic E-state index is -0.742. The molecule has 5 aliphatic rings. The molecule has 8 heteroatoms. The fourth-order valence-corrected chi connectivity index (χ4v) is 6.76. The molecular formula is C26H27FN6O. The Labute approximate surface area is 197 Å². The summed E-state index contributed by atoms with van der Waals surface area (Å²) >= 11 is 0. The van der Waals surface area contributed by atoms with Crippen molar-refractivity contribution in [3.8, 4) is 11.9 Å². The van der Waals surface area contributed by atoms with Gasteiger partial charge in [-0.3, -0.25) is 0 Å². The molecule has 5 fully saturated rings. The molecule has 2 saturated heterocycles. The minimum absolute atomic E-state index is 0.0540. The van der Waals surface area contributed by atoms with E-state index in [1.54, 1.807) is 4.68 Å². The second kappa shape index (κ2) is 5.95. The van der Waals surface area contributed by atoms with Gasteiger partial charge >= 0.3 is 0 Å². The van der Waals surface area contributed by atoms with Crippen molar-refractivity contribution in [3.63, 3.8) is 0 Å². The fourth-order valence-electron chi connectivity index (χ4n) is 6.76. The van der Waals surface area contributed by atoms with Gasteiger partial charge in [0.15, 0.2) is 5.82 Å². The van der Waals surface area contributed by atoms with Crippen LogP contribution in [0.4, 0.5) is 10.2 Å². The molecule has 7 nitrogen and oxygen atoms in total. The maximum absolute atomic E-state index is 15.1. The van der Waals surface area contributed by atoms with E-state index in [-0.39, 0.29) is 16.6 Å². The molecule has 0 radical (unpaired) electrons. The molecule has 1 spiro atoms. The van der Waals surface area contributed by atoms with E-state index in [9.17, 15) is 10.4 Å². The first-order valence-electron chi connectivity index (χ1n) is 12.0. The molecular weight excluding hydrogens is 431 g/mol. The smallest absolute Gasteiger partial charge is 0.159 e. The second-order valence-electron chi connectivity index (χ2n) is 11.6. The molecule has 3 aliphatic carbocycles. The lowest BCUT2D eigenvalue weighted by Crippen LogP contribution is -2.50. The molecule has 2 aliphatic heterocycles. The quantitative estimate of drug-likeness (QED) is 0.637. The fraction of sp³-hybridized carbons (Fsp3) is 0.538. The van der Waals surface area contributed by atoms with E-state index in [4.69, 9.17) is 4.98 Å². The number of nitriles is 1. The zero-order chi connectivity index (χ0) is 23.7. The molecule has 1 unspecified atom stereocenters. The van der Waals surface area contributed by atoms with Crippen molar-refractivity contribution >= 4 is 16.7 Å². The van der Waals surface area contributed by atoms with Crippen LogP contribution in [0.3, 0.4) is 0 Å². The lowest BCUT2D eigenvalue weighted by Gasteiger charge is -2.45. The third-order valence-corrected chi connectivity index (χ3v) is 9.35. The summed E-state index contributed by atoms with van der Waals surface area (Å²) in [6.07, 6.45) is 6.32. The second-order valence-corrected chi connectivity index (χ2v) is 11.6. The van der Waals surface area contributed by atoms with Crippen LogP contribution in [0, 0.1) is 34.9 Å². The predicted octanol–water partition coefficient (Wildman–Crippen LogP) is 3.95. The van der Waals surface area contributed by atoms with Crippen molar-refractivity contribution in [2.45, 2.75) is 69.9 Å². The summed E-state index contributed by atoms with van der Waals surface area (Å²) in [5, 5.41) is 25.6. The van der Waals surface area contributed by atoms with E-state index in [0.29, 0.717) is 28.6 Å². The van der Waals surface area contributed by atoms with Crippen LogP contribution in [0.25, 0.3) is 16.7 Å². The number of hydrogen-bond donors (Lipinski definition) is 1. The van der Waals surface area contributed by atoms with Gasteiger partial charge in [0.05, 0.1) is 34.2 Å². The first kappa shape index (κ1) is 20.3. The molecule has 4 heterocycles. The Morgan fingerprint density at radius 2 is 1.91 bits per heavy atom. The summed E-state index contributed by atoms with van der Waals surface area (Å²) in [4.78, 5) is 11.6. The van der Waals surface area contributed by atoms with Crippen LogP contribution >= 0.6 is 0 Å². The number of hydrogen-bond acceptors (Lipinski definition) is 6. The van der Waals surface area contributed by atoms with Gasteiger partial charge in [0.25, 0.3) is 0 Å². The number of aromatic nitrogens is 4. The van der Waals surface area contributed by atoms with E-state index in [0.717, 1.165) is 50.0 Å². The summed E-state index contributed by atoms with van der Waals surface area (Å²) in [6.45, 7) is 6.39. The molecule has 2 bridgehead atoms. The van der Waals surface area contributed by atoms with Crippen molar-refractivity contribution in [2.24, 2.45) is 10.8 Å². The number of fused-ring (bicyclic) bond motifs is 2. The SMILES string of the molecule is Cc1nc(N2CC3(C(C)(C)O)CC2C3)cc(-n2ncc3c(F)cc(C4(C#N)CC45CC5)cc32)n1. The predicted molar refractivity (Wildman–Crippen MR) is 124 cm³/mol. The van der Waals surface area contributed by atoms with Crippen LogP contribution in [0.15, 0.2) is 24.4 Å². The molecule has 3 aromatic rings. The number of aliphatic hydroxyl groups is 1. The van der Waals surface area contributed by atoms with Gasteiger partial charge in [0, 0.05) is 24.1 Å². The summed E-state index contributed by atoms with van der Waals surface area (Å²) in [5.41, 5.74) is -0.00699. The molecule has 1 N–H and O–H groups in total. The van der Waals surface area contributed by atoms with Crippen molar-refractivity contribution in [2.75, 3.05) is 11.4 Å². The van der Waals surface area contributed by atoms with Crippen LogP contribution in [-0.2, 0) is 5.41 Å². The van der Waals surface area contributed by atoms with Crippen LogP contribution < -0.4 is 4.90 Å². The van der Waals surface area contributed by atoms with Gasteiger partial charge in [0.1, 0.15) is 17.5 Å². The van der Waals surface area contributed by atoms with Crippen molar-refractivity contribution < 1.29 is 9.50 Å². The molecule has 34 heavy (non-hydrogen) atoms. The van der Waals surface area contributed by atoms with Crippen LogP contribution in [0.2, 0.25) is 0 Å². The molecule has 3 saturated carbocycles. The van der Waals surface area contributed by atoms with E-state index < -0.39 is 11.0 Å². The monoisotopic (exact) mass is 458 g/mol. The van der Waals surface area contributed by atoms with Crippen molar-refractivity contribution in [3.05, 3.63) is 41.6 Å². The van der Waals surface area contributed by atoms with Gasteiger partial charge in [-0.05, 0) is 76.0 Å². The van der Waals surface area contributed by atoms with Crippen molar-refractivity contribution in [1.82, 2.24) is 19.7 Å². The largest absolute Gasteiger partial charge is 0.390 e. The number of halogens is 1. The Hall–Kier alpha value is -3.05. The zero-order valence-corrected chi connectivity index (χ0v) is 19.6. The highest BCUT2D eigenvalue weighted by Crippen LogP contribution is 2.78. The highest BCUT2D eigenvalue weighted by molar-refractivity contribution is 5.82. The number of nitrogens with zero attached hydrogens (tertiary/aromatic N) is 6. The third-order valence-electron chi connectivity index (χ3n) is 9.35. The topological polar surface area (TPSA) is 90.9 Å². The maximum Gasteiger partial charge on any atom is 0.159 e. The highest BCUT2D eigenvalue weighted by atomic mass is 19.1. The Balaban J connectivity index is 1.31. The van der Waals surface area contributed by atoms with Gasteiger partial charge in [0.2, 0.25) is 0 Å². The van der Waals surface area contributed by atoms with Gasteiger partial charge in [-0.2, -0.15) is 10.4 Å². The summed E-state index contributed by atoms with van der Waals surface area (Å²) in [6, 6.07) is 8.20. The first-order chi connectivity index (χ1) is 16.1.